The SMILES string of the molecule is COc1ccc([C@@H](CNC(=O)Nc2ccc(S(N)(=O)=O)cc2)N2CCCCC2)cc1. The van der Waals surface area contributed by atoms with Gasteiger partial charge >= 0.3 is 6.03 Å². The summed E-state index contributed by atoms with van der Waals surface area (Å²) in [6.07, 6.45) is 3.53. The number of methoxy groups -OCH3 is 1. The average molecular weight is 433 g/mol. The molecule has 4 N–H and O–H groups in total. The molecule has 8 nitrogen and oxygen atoms in total. The number of hydrogen-bond donors (Lipinski definition) is 3. The third kappa shape index (κ3) is 5.94. The van der Waals surface area contributed by atoms with Crippen molar-refractivity contribution in [3.8, 4) is 5.75 Å². The lowest BCUT2D eigenvalue weighted by Gasteiger charge is -2.35. The first-order valence-corrected chi connectivity index (χ1v) is 11.5. The van der Waals surface area contributed by atoms with Crippen molar-refractivity contribution in [1.29, 1.82) is 0 Å². The van der Waals surface area contributed by atoms with E-state index in [0.717, 1.165) is 37.2 Å². The molecule has 0 unspecified atom stereocenters. The summed E-state index contributed by atoms with van der Waals surface area (Å²) in [6.45, 7) is 2.44. The largest absolute Gasteiger partial charge is 0.497 e. The molecule has 0 radical (unpaired) electrons. The smallest absolute Gasteiger partial charge is 0.319 e. The quantitative estimate of drug-likeness (QED) is 0.622. The molecule has 3 rings (SSSR count). The normalized spacial score (nSPS) is 15.9. The number of nitrogens with zero attached hydrogens (tertiary/aromatic N) is 1. The van der Waals surface area contributed by atoms with E-state index in [2.05, 4.69) is 15.5 Å². The summed E-state index contributed by atoms with van der Waals surface area (Å²) in [5.74, 6) is 0.796. The fourth-order valence-corrected chi connectivity index (χ4v) is 4.12. The van der Waals surface area contributed by atoms with Gasteiger partial charge in [0.2, 0.25) is 10.0 Å². The van der Waals surface area contributed by atoms with Crippen molar-refractivity contribution in [2.24, 2.45) is 5.14 Å². The summed E-state index contributed by atoms with van der Waals surface area (Å²) in [6, 6.07) is 13.4. The standard InChI is InChI=1S/C21H28N4O4S/c1-29-18-9-5-16(6-10-18)20(25-13-3-2-4-14-25)15-23-21(26)24-17-7-11-19(12-8-17)30(22,27)28/h5-12,20H,2-4,13-15H2,1H3,(H2,22,27,28)(H2,23,24,26)/t20-/m1/s1. The number of sulfonamides is 1. The molecule has 0 saturated carbocycles. The Morgan fingerprint density at radius 2 is 1.70 bits per heavy atom. The van der Waals surface area contributed by atoms with Gasteiger partial charge in [0.15, 0.2) is 0 Å². The van der Waals surface area contributed by atoms with E-state index in [1.54, 1.807) is 7.11 Å². The maximum absolute atomic E-state index is 12.4. The van der Waals surface area contributed by atoms with E-state index in [9.17, 15) is 13.2 Å². The van der Waals surface area contributed by atoms with Crippen LogP contribution < -0.4 is 20.5 Å². The number of anilines is 1. The van der Waals surface area contributed by atoms with E-state index in [1.807, 2.05) is 24.3 Å². The van der Waals surface area contributed by atoms with Gasteiger partial charge in [-0.2, -0.15) is 0 Å². The van der Waals surface area contributed by atoms with Crippen LogP contribution in [0.15, 0.2) is 53.4 Å². The van der Waals surface area contributed by atoms with E-state index in [-0.39, 0.29) is 17.0 Å². The molecule has 0 bridgehead atoms. The number of primary sulfonamides is 1. The Kier molecular flexibility index (Phi) is 7.30. The molecule has 1 aliphatic rings. The van der Waals surface area contributed by atoms with Gasteiger partial charge in [-0.15, -0.1) is 0 Å². The Labute approximate surface area is 177 Å². The van der Waals surface area contributed by atoms with Crippen LogP contribution in [0.5, 0.6) is 5.75 Å². The third-order valence-corrected chi connectivity index (χ3v) is 6.16. The number of piperidine rings is 1. The van der Waals surface area contributed by atoms with Gasteiger partial charge in [-0.1, -0.05) is 18.6 Å². The van der Waals surface area contributed by atoms with Crippen LogP contribution in [0.25, 0.3) is 0 Å². The summed E-state index contributed by atoms with van der Waals surface area (Å²) < 4.78 is 27.9. The maximum atomic E-state index is 12.4. The lowest BCUT2D eigenvalue weighted by molar-refractivity contribution is 0.161. The van der Waals surface area contributed by atoms with E-state index in [0.29, 0.717) is 12.2 Å². The molecule has 0 aliphatic carbocycles. The molecule has 0 spiro atoms. The fraction of sp³-hybridized carbons (Fsp3) is 0.381. The van der Waals surface area contributed by atoms with Crippen molar-refractivity contribution in [2.45, 2.75) is 30.2 Å². The molecule has 162 valence electrons. The molecule has 1 aliphatic heterocycles. The molecular weight excluding hydrogens is 404 g/mol. The number of urea groups is 1. The minimum Gasteiger partial charge on any atom is -0.497 e. The molecule has 2 aromatic carbocycles. The van der Waals surface area contributed by atoms with Crippen LogP contribution in [-0.2, 0) is 10.0 Å². The lowest BCUT2D eigenvalue weighted by atomic mass is 10.0. The summed E-state index contributed by atoms with van der Waals surface area (Å²) in [4.78, 5) is 14.8. The Hall–Kier alpha value is -2.62. The second-order valence-electron chi connectivity index (χ2n) is 7.29. The topological polar surface area (TPSA) is 114 Å². The molecule has 1 heterocycles. The zero-order valence-electron chi connectivity index (χ0n) is 17.0. The van der Waals surface area contributed by atoms with E-state index in [4.69, 9.17) is 9.88 Å². The van der Waals surface area contributed by atoms with E-state index < -0.39 is 10.0 Å². The predicted molar refractivity (Wildman–Crippen MR) is 116 cm³/mol. The van der Waals surface area contributed by atoms with Crippen LogP contribution in [0.4, 0.5) is 10.5 Å². The number of hydrogen-bond acceptors (Lipinski definition) is 5. The highest BCUT2D eigenvalue weighted by Gasteiger charge is 2.23. The highest BCUT2D eigenvalue weighted by Crippen LogP contribution is 2.26. The number of carbonyl (C=O) groups is 1. The highest BCUT2D eigenvalue weighted by molar-refractivity contribution is 7.89. The van der Waals surface area contributed by atoms with Crippen LogP contribution in [-0.4, -0.2) is 46.1 Å². The molecule has 2 aromatic rings. The number of amides is 2. The molecule has 1 fully saturated rings. The Morgan fingerprint density at radius 3 is 2.27 bits per heavy atom. The Morgan fingerprint density at radius 1 is 1.07 bits per heavy atom. The summed E-state index contributed by atoms with van der Waals surface area (Å²) in [5.41, 5.74) is 1.61. The van der Waals surface area contributed by atoms with Crippen molar-refractivity contribution in [2.75, 3.05) is 32.1 Å². The van der Waals surface area contributed by atoms with Crippen LogP contribution in [0.1, 0.15) is 30.9 Å². The van der Waals surface area contributed by atoms with Gasteiger partial charge in [0, 0.05) is 12.2 Å². The number of rotatable bonds is 7. The summed E-state index contributed by atoms with van der Waals surface area (Å²) in [5, 5.41) is 10.8. The number of carbonyl (C=O) groups excluding carboxylic acids is 1. The Balaban J connectivity index is 1.64. The average Bonchev–Trinajstić information content (AvgIpc) is 2.75. The van der Waals surface area contributed by atoms with Crippen molar-refractivity contribution in [3.05, 3.63) is 54.1 Å². The van der Waals surface area contributed by atoms with Gasteiger partial charge < -0.3 is 15.4 Å². The van der Waals surface area contributed by atoms with Crippen molar-refractivity contribution >= 4 is 21.7 Å². The summed E-state index contributed by atoms with van der Waals surface area (Å²) >= 11 is 0. The first-order chi connectivity index (χ1) is 14.4. The van der Waals surface area contributed by atoms with Gasteiger partial charge in [0.1, 0.15) is 5.75 Å². The van der Waals surface area contributed by atoms with Crippen LogP contribution in [0.2, 0.25) is 0 Å². The number of ether oxygens (including phenoxy) is 1. The Bertz CT molecular complexity index is 940. The molecule has 9 heteroatoms. The van der Waals surface area contributed by atoms with Crippen molar-refractivity contribution < 1.29 is 17.9 Å². The lowest BCUT2D eigenvalue weighted by Crippen LogP contribution is -2.41. The van der Waals surface area contributed by atoms with Gasteiger partial charge in [0.05, 0.1) is 18.0 Å². The number of nitrogens with one attached hydrogen (secondary N) is 2. The fourth-order valence-electron chi connectivity index (χ4n) is 3.61. The van der Waals surface area contributed by atoms with Crippen molar-refractivity contribution in [1.82, 2.24) is 10.2 Å². The molecule has 0 aromatic heterocycles. The summed E-state index contributed by atoms with van der Waals surface area (Å²) in [7, 11) is -2.12. The van der Waals surface area contributed by atoms with E-state index in [1.165, 1.54) is 30.7 Å². The highest BCUT2D eigenvalue weighted by atomic mass is 32.2. The molecular formula is C21H28N4O4S. The van der Waals surface area contributed by atoms with Crippen LogP contribution in [0.3, 0.4) is 0 Å². The third-order valence-electron chi connectivity index (χ3n) is 5.23. The van der Waals surface area contributed by atoms with Gasteiger partial charge in [-0.05, 0) is 67.9 Å². The zero-order valence-corrected chi connectivity index (χ0v) is 17.8. The van der Waals surface area contributed by atoms with Gasteiger partial charge in [-0.3, -0.25) is 4.90 Å². The zero-order chi connectivity index (χ0) is 21.6. The monoisotopic (exact) mass is 432 g/mol. The number of benzene rings is 2. The first kappa shape index (κ1) is 22.1. The van der Waals surface area contributed by atoms with Gasteiger partial charge in [-0.25, -0.2) is 18.4 Å². The first-order valence-electron chi connectivity index (χ1n) is 9.92. The number of likely N-dealkylation sites (tertiary alicyclic amines) is 1. The second kappa shape index (κ2) is 9.92. The molecule has 1 saturated heterocycles. The second-order valence-corrected chi connectivity index (χ2v) is 8.85. The van der Waals surface area contributed by atoms with Gasteiger partial charge in [0.25, 0.3) is 0 Å². The minimum atomic E-state index is -3.76. The minimum absolute atomic E-state index is 0.00173. The van der Waals surface area contributed by atoms with Crippen LogP contribution in [0, 0.1) is 0 Å². The molecule has 1 atom stereocenters. The predicted octanol–water partition coefficient (Wildman–Crippen LogP) is 2.69. The molecule has 2 amide bonds. The maximum Gasteiger partial charge on any atom is 0.319 e. The van der Waals surface area contributed by atoms with Crippen LogP contribution >= 0.6 is 0 Å². The van der Waals surface area contributed by atoms with E-state index >= 15 is 0 Å². The molecule has 30 heavy (non-hydrogen) atoms. The van der Waals surface area contributed by atoms with Crippen molar-refractivity contribution in [3.63, 3.8) is 0 Å². The number of nitrogens with two attached hydrogens (primary N) is 1.